The third-order valence-electron chi connectivity index (χ3n) is 4.65. The van der Waals surface area contributed by atoms with Crippen LogP contribution >= 0.6 is 0 Å². The number of hydrogen-bond donors (Lipinski definition) is 1. The number of anilines is 1. The minimum Gasteiger partial charge on any atom is -0.310 e. The number of aromatic nitrogens is 1. The number of carbonyl (C=O) groups excluding carboxylic acids is 1. The van der Waals surface area contributed by atoms with E-state index in [0.29, 0.717) is 30.8 Å². The zero-order chi connectivity index (χ0) is 19.6. The first-order valence-corrected chi connectivity index (χ1v) is 10.2. The van der Waals surface area contributed by atoms with E-state index >= 15 is 0 Å². The van der Waals surface area contributed by atoms with Crippen molar-refractivity contribution in [1.82, 2.24) is 9.29 Å². The molecule has 0 spiro atoms. The quantitative estimate of drug-likeness (QED) is 0.869. The van der Waals surface area contributed by atoms with Crippen LogP contribution in [0.2, 0.25) is 0 Å². The fraction of sp³-hybridized carbons (Fsp3) is 0.368. The molecule has 1 aliphatic rings. The van der Waals surface area contributed by atoms with Crippen LogP contribution in [0.5, 0.6) is 0 Å². The second kappa shape index (κ2) is 7.74. The summed E-state index contributed by atoms with van der Waals surface area (Å²) in [5.41, 5.74) is 1.14. The first-order valence-electron chi connectivity index (χ1n) is 8.78. The Bertz CT molecular complexity index is 962. The van der Waals surface area contributed by atoms with Gasteiger partial charge in [-0.15, -0.1) is 0 Å². The Labute approximate surface area is 158 Å². The van der Waals surface area contributed by atoms with Gasteiger partial charge in [0, 0.05) is 18.8 Å². The Kier molecular flexibility index (Phi) is 5.57. The van der Waals surface area contributed by atoms with E-state index in [2.05, 4.69) is 10.3 Å². The van der Waals surface area contributed by atoms with Crippen LogP contribution in [0.3, 0.4) is 0 Å². The first kappa shape index (κ1) is 19.4. The van der Waals surface area contributed by atoms with E-state index in [0.717, 1.165) is 11.8 Å². The molecule has 3 rings (SSSR count). The largest absolute Gasteiger partial charge is 0.310 e. The molecule has 1 unspecified atom stereocenters. The van der Waals surface area contributed by atoms with Crippen LogP contribution in [0.1, 0.15) is 24.1 Å². The lowest BCUT2D eigenvalue weighted by atomic mass is 9.99. The molecule has 0 bridgehead atoms. The molecule has 27 heavy (non-hydrogen) atoms. The van der Waals surface area contributed by atoms with Gasteiger partial charge in [-0.05, 0) is 62.6 Å². The number of hydrogen-bond acceptors (Lipinski definition) is 4. The van der Waals surface area contributed by atoms with Crippen LogP contribution < -0.4 is 5.32 Å². The average Bonchev–Trinajstić information content (AvgIpc) is 2.61. The van der Waals surface area contributed by atoms with Crippen molar-refractivity contribution in [2.24, 2.45) is 5.92 Å². The Morgan fingerprint density at radius 3 is 2.74 bits per heavy atom. The van der Waals surface area contributed by atoms with E-state index in [1.54, 1.807) is 19.1 Å². The summed E-state index contributed by atoms with van der Waals surface area (Å²) in [7, 11) is -3.78. The fourth-order valence-electron chi connectivity index (χ4n) is 3.26. The highest BCUT2D eigenvalue weighted by molar-refractivity contribution is 7.89. The number of nitrogens with one attached hydrogen (secondary N) is 1. The monoisotopic (exact) mass is 391 g/mol. The number of benzene rings is 1. The van der Waals surface area contributed by atoms with Crippen LogP contribution in [0.4, 0.5) is 10.2 Å². The van der Waals surface area contributed by atoms with E-state index in [4.69, 9.17) is 0 Å². The van der Waals surface area contributed by atoms with Crippen molar-refractivity contribution in [2.75, 3.05) is 18.4 Å². The van der Waals surface area contributed by atoms with Crippen molar-refractivity contribution in [3.05, 3.63) is 53.5 Å². The molecule has 144 valence electrons. The highest BCUT2D eigenvalue weighted by atomic mass is 32.2. The summed E-state index contributed by atoms with van der Waals surface area (Å²) in [5.74, 6) is -0.734. The number of carbonyl (C=O) groups is 1. The minimum absolute atomic E-state index is 0.0744. The van der Waals surface area contributed by atoms with Gasteiger partial charge in [0.05, 0.1) is 10.8 Å². The number of amides is 1. The molecule has 1 atom stereocenters. The molecule has 1 N–H and O–H groups in total. The molecule has 1 aliphatic heterocycles. The van der Waals surface area contributed by atoms with Crippen LogP contribution in [0.25, 0.3) is 0 Å². The average molecular weight is 391 g/mol. The maximum Gasteiger partial charge on any atom is 0.243 e. The highest BCUT2D eigenvalue weighted by Gasteiger charge is 2.34. The first-order chi connectivity index (χ1) is 12.8. The topological polar surface area (TPSA) is 79.4 Å². The van der Waals surface area contributed by atoms with Gasteiger partial charge in [0.15, 0.2) is 0 Å². The molecule has 1 aromatic heterocycles. The molecule has 0 radical (unpaired) electrons. The van der Waals surface area contributed by atoms with Gasteiger partial charge in [-0.2, -0.15) is 4.31 Å². The molecule has 2 aromatic rings. The summed E-state index contributed by atoms with van der Waals surface area (Å²) in [5, 5.41) is 2.76. The molecular formula is C19H22FN3O3S. The molecule has 1 saturated heterocycles. The van der Waals surface area contributed by atoms with Gasteiger partial charge in [0.2, 0.25) is 15.9 Å². The fourth-order valence-corrected chi connectivity index (χ4v) is 4.99. The van der Waals surface area contributed by atoms with Gasteiger partial charge in [-0.1, -0.05) is 6.07 Å². The lowest BCUT2D eigenvalue weighted by Gasteiger charge is -2.31. The molecule has 0 aliphatic carbocycles. The number of piperidine rings is 1. The Balaban J connectivity index is 1.76. The summed E-state index contributed by atoms with van der Waals surface area (Å²) in [6, 6.07) is 8.94. The lowest BCUT2D eigenvalue weighted by molar-refractivity contribution is -0.120. The van der Waals surface area contributed by atoms with E-state index < -0.39 is 21.8 Å². The minimum atomic E-state index is -3.78. The van der Waals surface area contributed by atoms with Gasteiger partial charge in [0.25, 0.3) is 0 Å². The number of pyridine rings is 1. The SMILES string of the molecule is Cc1cccc(NC(=O)C2CCCN(S(=O)(=O)c3ccc(F)cc3C)C2)n1. The summed E-state index contributed by atoms with van der Waals surface area (Å²) in [6.45, 7) is 3.82. The van der Waals surface area contributed by atoms with Crippen LogP contribution in [0.15, 0.2) is 41.3 Å². The summed E-state index contributed by atoms with van der Waals surface area (Å²) >= 11 is 0. The molecular weight excluding hydrogens is 369 g/mol. The normalized spacial score (nSPS) is 18.3. The second-order valence-electron chi connectivity index (χ2n) is 6.77. The van der Waals surface area contributed by atoms with Crippen molar-refractivity contribution in [3.8, 4) is 0 Å². The van der Waals surface area contributed by atoms with Gasteiger partial charge in [0.1, 0.15) is 11.6 Å². The Morgan fingerprint density at radius 2 is 2.04 bits per heavy atom. The van der Waals surface area contributed by atoms with Crippen LogP contribution in [0, 0.1) is 25.6 Å². The Morgan fingerprint density at radius 1 is 1.26 bits per heavy atom. The molecule has 1 aromatic carbocycles. The molecule has 2 heterocycles. The molecule has 8 heteroatoms. The summed E-state index contributed by atoms with van der Waals surface area (Å²) in [4.78, 5) is 16.9. The Hall–Kier alpha value is -2.32. The lowest BCUT2D eigenvalue weighted by Crippen LogP contribution is -2.43. The number of halogens is 1. The smallest absolute Gasteiger partial charge is 0.243 e. The number of nitrogens with zero attached hydrogens (tertiary/aromatic N) is 2. The molecule has 0 saturated carbocycles. The second-order valence-corrected chi connectivity index (χ2v) is 8.67. The number of sulfonamides is 1. The van der Waals surface area contributed by atoms with E-state index in [1.807, 2.05) is 13.0 Å². The van der Waals surface area contributed by atoms with E-state index in [9.17, 15) is 17.6 Å². The van der Waals surface area contributed by atoms with Crippen molar-refractivity contribution in [2.45, 2.75) is 31.6 Å². The van der Waals surface area contributed by atoms with E-state index in [1.165, 1.54) is 16.4 Å². The van der Waals surface area contributed by atoms with Gasteiger partial charge >= 0.3 is 0 Å². The highest BCUT2D eigenvalue weighted by Crippen LogP contribution is 2.26. The molecule has 1 amide bonds. The van der Waals surface area contributed by atoms with Gasteiger partial charge in [-0.25, -0.2) is 17.8 Å². The number of aryl methyl sites for hydroxylation is 2. The third kappa shape index (κ3) is 4.33. The number of rotatable bonds is 4. The predicted octanol–water partition coefficient (Wildman–Crippen LogP) is 2.88. The van der Waals surface area contributed by atoms with Crippen molar-refractivity contribution >= 4 is 21.7 Å². The van der Waals surface area contributed by atoms with Gasteiger partial charge < -0.3 is 5.32 Å². The molecule has 6 nitrogen and oxygen atoms in total. The van der Waals surface area contributed by atoms with Crippen molar-refractivity contribution in [1.29, 1.82) is 0 Å². The van der Waals surface area contributed by atoms with Crippen LogP contribution in [-0.2, 0) is 14.8 Å². The molecule has 1 fully saturated rings. The van der Waals surface area contributed by atoms with E-state index in [-0.39, 0.29) is 17.3 Å². The van der Waals surface area contributed by atoms with Gasteiger partial charge in [-0.3, -0.25) is 4.79 Å². The maximum absolute atomic E-state index is 13.3. The zero-order valence-corrected chi connectivity index (χ0v) is 16.1. The third-order valence-corrected chi connectivity index (χ3v) is 6.67. The van der Waals surface area contributed by atoms with Crippen molar-refractivity contribution < 1.29 is 17.6 Å². The summed E-state index contributed by atoms with van der Waals surface area (Å²) in [6.07, 6.45) is 1.19. The van der Waals surface area contributed by atoms with Crippen molar-refractivity contribution in [3.63, 3.8) is 0 Å². The zero-order valence-electron chi connectivity index (χ0n) is 15.3. The predicted molar refractivity (Wildman–Crippen MR) is 100 cm³/mol. The maximum atomic E-state index is 13.3. The summed E-state index contributed by atoms with van der Waals surface area (Å²) < 4.78 is 40.5. The van der Waals surface area contributed by atoms with Crippen LogP contribution in [-0.4, -0.2) is 36.7 Å². The standard InChI is InChI=1S/C19H22FN3O3S/c1-13-11-16(20)8-9-17(13)27(25,26)23-10-4-6-15(12-23)19(24)22-18-7-3-5-14(2)21-18/h3,5,7-9,11,15H,4,6,10,12H2,1-2H3,(H,21,22,24).